The van der Waals surface area contributed by atoms with Gasteiger partial charge < -0.3 is 10.2 Å². The molecule has 0 unspecified atom stereocenters. The van der Waals surface area contributed by atoms with E-state index in [1.165, 1.54) is 44.9 Å². The van der Waals surface area contributed by atoms with Gasteiger partial charge in [-0.2, -0.15) is 0 Å². The van der Waals surface area contributed by atoms with Crippen molar-refractivity contribution in [3.63, 3.8) is 0 Å². The molecule has 0 aromatic rings. The summed E-state index contributed by atoms with van der Waals surface area (Å²) in [5, 5.41) is 17.4. The first kappa shape index (κ1) is 22.6. The predicted molar refractivity (Wildman–Crippen MR) is 100 cm³/mol. The molecule has 0 saturated carbocycles. The summed E-state index contributed by atoms with van der Waals surface area (Å²) in [5.74, 6) is -0.313. The van der Waals surface area contributed by atoms with Crippen LogP contribution in [0.3, 0.4) is 0 Å². The third kappa shape index (κ3) is 17.8. The molecular weight excluding hydrogens is 332 g/mol. The van der Waals surface area contributed by atoms with Crippen LogP contribution in [0, 0.1) is 0 Å². The Kier molecular flexibility index (Phi) is 16.2. The molecular formula is C17H32O4S2. The van der Waals surface area contributed by atoms with Crippen LogP contribution in [-0.4, -0.2) is 38.2 Å². The third-order valence-electron chi connectivity index (χ3n) is 3.53. The molecule has 2 N–H and O–H groups in total. The van der Waals surface area contributed by atoms with Crippen LogP contribution in [0.25, 0.3) is 0 Å². The van der Waals surface area contributed by atoms with E-state index in [9.17, 15) is 9.59 Å². The fourth-order valence-electron chi connectivity index (χ4n) is 2.22. The van der Waals surface area contributed by atoms with Gasteiger partial charge in [0.25, 0.3) is 0 Å². The van der Waals surface area contributed by atoms with Crippen molar-refractivity contribution in [1.82, 2.24) is 0 Å². The zero-order valence-corrected chi connectivity index (χ0v) is 15.9. The molecule has 0 rings (SSSR count). The van der Waals surface area contributed by atoms with Crippen LogP contribution in [0.2, 0.25) is 0 Å². The van der Waals surface area contributed by atoms with Gasteiger partial charge in [0.05, 0.1) is 17.4 Å². The van der Waals surface area contributed by atoms with Crippen LogP contribution in [0.5, 0.6) is 0 Å². The lowest BCUT2D eigenvalue weighted by Crippen LogP contribution is -2.05. The molecule has 0 saturated heterocycles. The van der Waals surface area contributed by atoms with E-state index < -0.39 is 11.9 Å². The Morgan fingerprint density at radius 3 is 1.65 bits per heavy atom. The van der Waals surface area contributed by atoms with Crippen LogP contribution in [-0.2, 0) is 9.59 Å². The van der Waals surface area contributed by atoms with Crippen molar-refractivity contribution in [1.29, 1.82) is 0 Å². The molecule has 0 atom stereocenters. The average molecular weight is 365 g/mol. The number of hydrogen-bond donors (Lipinski definition) is 2. The van der Waals surface area contributed by atoms with Crippen molar-refractivity contribution < 1.29 is 19.8 Å². The van der Waals surface area contributed by atoms with Gasteiger partial charge in [-0.1, -0.05) is 58.3 Å². The predicted octanol–water partition coefficient (Wildman–Crippen LogP) is 5.26. The van der Waals surface area contributed by atoms with Gasteiger partial charge in [-0.15, -0.1) is 23.5 Å². The quantitative estimate of drug-likeness (QED) is 0.271. The minimum Gasteiger partial charge on any atom is -0.481 e. The van der Waals surface area contributed by atoms with Crippen molar-refractivity contribution in [2.24, 2.45) is 0 Å². The number of carboxylic acid groups (broad SMARTS) is 2. The fourth-order valence-corrected chi connectivity index (χ4v) is 4.95. The number of rotatable bonds is 17. The highest BCUT2D eigenvalue weighted by Crippen LogP contribution is 2.30. The van der Waals surface area contributed by atoms with Crippen LogP contribution < -0.4 is 0 Å². The smallest absolute Gasteiger partial charge is 0.304 e. The van der Waals surface area contributed by atoms with E-state index in [-0.39, 0.29) is 12.8 Å². The van der Waals surface area contributed by atoms with Crippen LogP contribution in [0.1, 0.15) is 77.6 Å². The van der Waals surface area contributed by atoms with Crippen molar-refractivity contribution in [2.75, 3.05) is 11.5 Å². The summed E-state index contributed by atoms with van der Waals surface area (Å²) < 4.78 is 0.328. The van der Waals surface area contributed by atoms with Crippen molar-refractivity contribution in [3.05, 3.63) is 0 Å². The molecule has 0 spiro atoms. The largest absolute Gasteiger partial charge is 0.481 e. The van der Waals surface area contributed by atoms with Gasteiger partial charge in [-0.25, -0.2) is 0 Å². The van der Waals surface area contributed by atoms with Gasteiger partial charge in [0.1, 0.15) is 0 Å². The summed E-state index contributed by atoms with van der Waals surface area (Å²) in [6.45, 7) is 2.23. The lowest BCUT2D eigenvalue weighted by Gasteiger charge is -2.15. The molecule has 0 fully saturated rings. The number of carboxylic acids is 2. The Bertz CT molecular complexity index is 291. The molecule has 0 radical (unpaired) electrons. The number of aliphatic carboxylic acids is 2. The first-order valence-electron chi connectivity index (χ1n) is 8.73. The van der Waals surface area contributed by atoms with Gasteiger partial charge in [0, 0.05) is 11.5 Å². The Labute approximate surface area is 149 Å². The van der Waals surface area contributed by atoms with Crippen molar-refractivity contribution >= 4 is 35.5 Å². The van der Waals surface area contributed by atoms with E-state index in [2.05, 4.69) is 6.92 Å². The van der Waals surface area contributed by atoms with Crippen LogP contribution in [0.15, 0.2) is 0 Å². The molecule has 0 aliphatic heterocycles. The van der Waals surface area contributed by atoms with E-state index in [1.807, 2.05) is 0 Å². The molecule has 0 aromatic carbocycles. The first-order valence-corrected chi connectivity index (χ1v) is 10.8. The van der Waals surface area contributed by atoms with Gasteiger partial charge in [0.2, 0.25) is 0 Å². The summed E-state index contributed by atoms with van der Waals surface area (Å²) in [6, 6.07) is 0. The minimum absolute atomic E-state index is 0.179. The maximum atomic E-state index is 10.6. The van der Waals surface area contributed by atoms with Crippen LogP contribution in [0.4, 0.5) is 0 Å². The number of hydrogen-bond acceptors (Lipinski definition) is 4. The normalized spacial score (nSPS) is 11.0. The molecule has 0 aliphatic carbocycles. The maximum Gasteiger partial charge on any atom is 0.304 e. The number of unbranched alkanes of at least 4 members (excludes halogenated alkanes) is 7. The van der Waals surface area contributed by atoms with E-state index >= 15 is 0 Å². The van der Waals surface area contributed by atoms with E-state index in [1.54, 1.807) is 23.5 Å². The molecule has 0 aliphatic rings. The molecule has 0 aromatic heterocycles. The lowest BCUT2D eigenvalue weighted by atomic mass is 10.1. The topological polar surface area (TPSA) is 74.6 Å². The van der Waals surface area contributed by atoms with Gasteiger partial charge in [-0.05, 0) is 6.42 Å². The molecule has 23 heavy (non-hydrogen) atoms. The van der Waals surface area contributed by atoms with Gasteiger partial charge >= 0.3 is 11.9 Å². The fraction of sp³-hybridized carbons (Fsp3) is 0.882. The SMILES string of the molecule is CCCCCCCCCCC(SCCC(=O)O)SCCC(=O)O. The molecule has 6 heteroatoms. The van der Waals surface area contributed by atoms with E-state index in [4.69, 9.17) is 10.2 Å². The Hall–Kier alpha value is -0.360. The van der Waals surface area contributed by atoms with E-state index in [0.29, 0.717) is 16.1 Å². The molecule has 0 heterocycles. The Morgan fingerprint density at radius 2 is 1.22 bits per heavy atom. The molecule has 0 bridgehead atoms. The van der Waals surface area contributed by atoms with Crippen molar-refractivity contribution in [3.8, 4) is 0 Å². The second-order valence-electron chi connectivity index (χ2n) is 5.72. The summed E-state index contributed by atoms with van der Waals surface area (Å²) >= 11 is 3.33. The zero-order valence-electron chi connectivity index (χ0n) is 14.3. The summed E-state index contributed by atoms with van der Waals surface area (Å²) in [5.41, 5.74) is 0. The van der Waals surface area contributed by atoms with Crippen molar-refractivity contribution in [2.45, 2.75) is 82.1 Å². The number of carbonyl (C=O) groups is 2. The number of thioether (sulfide) groups is 2. The second kappa shape index (κ2) is 16.5. The summed E-state index contributed by atoms with van der Waals surface area (Å²) in [4.78, 5) is 21.2. The zero-order chi connectivity index (χ0) is 17.3. The minimum atomic E-state index is -0.765. The molecule has 4 nitrogen and oxygen atoms in total. The Morgan fingerprint density at radius 1 is 0.783 bits per heavy atom. The Balaban J connectivity index is 3.76. The average Bonchev–Trinajstić information content (AvgIpc) is 2.48. The lowest BCUT2D eigenvalue weighted by molar-refractivity contribution is -0.137. The summed E-state index contributed by atoms with van der Waals surface area (Å²) in [6.07, 6.45) is 11.7. The monoisotopic (exact) mass is 364 g/mol. The van der Waals surface area contributed by atoms with E-state index in [0.717, 1.165) is 12.8 Å². The maximum absolute atomic E-state index is 10.6. The molecule has 0 amide bonds. The second-order valence-corrected chi connectivity index (χ2v) is 8.64. The van der Waals surface area contributed by atoms with Gasteiger partial charge in [0.15, 0.2) is 0 Å². The standard InChI is InChI=1S/C17H32O4S2/c1-2-3-4-5-6-7-8-9-10-17(22-13-11-15(18)19)23-14-12-16(20)21/h17H,2-14H2,1H3,(H,18,19)(H,20,21). The highest BCUT2D eigenvalue weighted by molar-refractivity contribution is 8.17. The highest BCUT2D eigenvalue weighted by atomic mass is 32.2. The molecule has 136 valence electrons. The third-order valence-corrected chi connectivity index (χ3v) is 6.44. The highest BCUT2D eigenvalue weighted by Gasteiger charge is 2.11. The summed E-state index contributed by atoms with van der Waals surface area (Å²) in [7, 11) is 0. The first-order chi connectivity index (χ1) is 11.1. The van der Waals surface area contributed by atoms with Gasteiger partial charge in [-0.3, -0.25) is 9.59 Å². The van der Waals surface area contributed by atoms with Crippen LogP contribution >= 0.6 is 23.5 Å².